The molecule has 0 saturated heterocycles. The molecule has 0 radical (unpaired) electrons. The van der Waals surface area contributed by atoms with Crippen LogP contribution in [0.2, 0.25) is 0 Å². The van der Waals surface area contributed by atoms with Gasteiger partial charge in [0, 0.05) is 23.9 Å². The molecule has 0 aromatic heterocycles. The van der Waals surface area contributed by atoms with Gasteiger partial charge in [0.1, 0.15) is 5.75 Å². The summed E-state index contributed by atoms with van der Waals surface area (Å²) in [7, 11) is 0. The highest BCUT2D eigenvalue weighted by Crippen LogP contribution is 2.26. The third kappa shape index (κ3) is 3.06. The number of benzene rings is 2. The van der Waals surface area contributed by atoms with Crippen LogP contribution in [0, 0.1) is 17.0 Å². The van der Waals surface area contributed by atoms with Crippen molar-refractivity contribution < 1.29 is 10.0 Å². The molecule has 5 nitrogen and oxygen atoms in total. The summed E-state index contributed by atoms with van der Waals surface area (Å²) >= 11 is 0. The molecule has 20 heavy (non-hydrogen) atoms. The van der Waals surface area contributed by atoms with Gasteiger partial charge in [0.25, 0.3) is 5.69 Å². The first-order valence-electron chi connectivity index (χ1n) is 6.28. The lowest BCUT2D eigenvalue weighted by Crippen LogP contribution is -2.07. The highest BCUT2D eigenvalue weighted by molar-refractivity contribution is 5.56. The number of phenols is 1. The monoisotopic (exact) mass is 272 g/mol. The third-order valence-electron chi connectivity index (χ3n) is 3.19. The predicted molar refractivity (Wildman–Crippen MR) is 78.0 cm³/mol. The van der Waals surface area contributed by atoms with E-state index in [9.17, 15) is 15.2 Å². The zero-order chi connectivity index (χ0) is 14.7. The van der Waals surface area contributed by atoms with Crippen molar-refractivity contribution in [1.29, 1.82) is 0 Å². The Labute approximate surface area is 117 Å². The van der Waals surface area contributed by atoms with E-state index in [1.54, 1.807) is 24.3 Å². The average Bonchev–Trinajstić information content (AvgIpc) is 2.41. The number of hydrogen-bond acceptors (Lipinski definition) is 4. The van der Waals surface area contributed by atoms with Gasteiger partial charge in [-0.1, -0.05) is 12.1 Å². The molecule has 0 heterocycles. The van der Waals surface area contributed by atoms with E-state index in [-0.39, 0.29) is 17.5 Å². The van der Waals surface area contributed by atoms with Crippen molar-refractivity contribution in [2.24, 2.45) is 0 Å². The molecule has 1 unspecified atom stereocenters. The largest absolute Gasteiger partial charge is 0.508 e. The summed E-state index contributed by atoms with van der Waals surface area (Å²) in [6.45, 7) is 3.83. The van der Waals surface area contributed by atoms with E-state index in [1.165, 1.54) is 6.07 Å². The van der Waals surface area contributed by atoms with Crippen molar-refractivity contribution in [3.63, 3.8) is 0 Å². The fraction of sp³-hybridized carbons (Fsp3) is 0.200. The van der Waals surface area contributed by atoms with E-state index in [4.69, 9.17) is 0 Å². The number of nitro groups is 1. The third-order valence-corrected chi connectivity index (χ3v) is 3.19. The second kappa shape index (κ2) is 5.61. The first kappa shape index (κ1) is 13.9. The molecule has 0 fully saturated rings. The van der Waals surface area contributed by atoms with Crippen LogP contribution in [-0.4, -0.2) is 10.0 Å². The fourth-order valence-corrected chi connectivity index (χ4v) is 2.00. The van der Waals surface area contributed by atoms with Crippen LogP contribution in [0.3, 0.4) is 0 Å². The van der Waals surface area contributed by atoms with Crippen molar-refractivity contribution in [1.82, 2.24) is 0 Å². The maximum absolute atomic E-state index is 10.7. The van der Waals surface area contributed by atoms with E-state index in [1.807, 2.05) is 26.0 Å². The maximum Gasteiger partial charge on any atom is 0.269 e. The normalized spacial score (nSPS) is 11.9. The average molecular weight is 272 g/mol. The van der Waals surface area contributed by atoms with E-state index >= 15 is 0 Å². The lowest BCUT2D eigenvalue weighted by atomic mass is 10.1. The molecule has 2 aromatic rings. The Kier molecular flexibility index (Phi) is 3.89. The van der Waals surface area contributed by atoms with E-state index in [0.29, 0.717) is 0 Å². The number of nitro benzene ring substituents is 1. The van der Waals surface area contributed by atoms with E-state index in [0.717, 1.165) is 16.8 Å². The Morgan fingerprint density at radius 1 is 1.20 bits per heavy atom. The highest BCUT2D eigenvalue weighted by Gasteiger charge is 2.10. The Balaban J connectivity index is 2.17. The van der Waals surface area contributed by atoms with Crippen LogP contribution in [0.25, 0.3) is 0 Å². The Bertz CT molecular complexity index is 624. The second-order valence-electron chi connectivity index (χ2n) is 4.71. The van der Waals surface area contributed by atoms with Gasteiger partial charge in [0.15, 0.2) is 0 Å². The van der Waals surface area contributed by atoms with Gasteiger partial charge in [-0.05, 0) is 43.2 Å². The number of phenolic OH excluding ortho intramolecular Hbond substituents is 1. The standard InChI is InChI=1S/C15H16N2O3/c1-10-9-13(17(19)20)5-8-15(10)16-11(2)12-3-6-14(18)7-4-12/h3-9,11,16,18H,1-2H3. The molecule has 0 saturated carbocycles. The molecule has 0 spiro atoms. The van der Waals surface area contributed by atoms with Crippen LogP contribution in [0.5, 0.6) is 5.75 Å². The van der Waals surface area contributed by atoms with Crippen LogP contribution >= 0.6 is 0 Å². The molecule has 2 aromatic carbocycles. The maximum atomic E-state index is 10.7. The summed E-state index contributed by atoms with van der Waals surface area (Å²) in [6.07, 6.45) is 0. The molecule has 0 aliphatic carbocycles. The minimum atomic E-state index is -0.403. The summed E-state index contributed by atoms with van der Waals surface area (Å²) in [5, 5.41) is 23.3. The Morgan fingerprint density at radius 3 is 2.40 bits per heavy atom. The van der Waals surface area contributed by atoms with Gasteiger partial charge in [0.05, 0.1) is 4.92 Å². The summed E-state index contributed by atoms with van der Waals surface area (Å²) in [5.74, 6) is 0.229. The second-order valence-corrected chi connectivity index (χ2v) is 4.71. The minimum absolute atomic E-state index is 0.0377. The van der Waals surface area contributed by atoms with Gasteiger partial charge in [-0.2, -0.15) is 0 Å². The number of aryl methyl sites for hydroxylation is 1. The number of non-ortho nitro benzene ring substituents is 1. The number of aromatic hydroxyl groups is 1. The smallest absolute Gasteiger partial charge is 0.269 e. The number of hydrogen-bond donors (Lipinski definition) is 2. The Hall–Kier alpha value is -2.56. The number of nitrogens with zero attached hydrogens (tertiary/aromatic N) is 1. The van der Waals surface area contributed by atoms with Crippen molar-refractivity contribution in [3.05, 3.63) is 63.7 Å². The molecule has 0 aliphatic heterocycles. The minimum Gasteiger partial charge on any atom is -0.508 e. The first-order valence-corrected chi connectivity index (χ1v) is 6.28. The molecule has 0 bridgehead atoms. The lowest BCUT2D eigenvalue weighted by molar-refractivity contribution is -0.384. The summed E-state index contributed by atoms with van der Waals surface area (Å²) in [5.41, 5.74) is 2.80. The molecule has 2 N–H and O–H groups in total. The fourth-order valence-electron chi connectivity index (χ4n) is 2.00. The molecule has 0 aliphatic rings. The molecular formula is C15H16N2O3. The molecule has 0 amide bonds. The highest BCUT2D eigenvalue weighted by atomic mass is 16.6. The van der Waals surface area contributed by atoms with Gasteiger partial charge in [0.2, 0.25) is 0 Å². The van der Waals surface area contributed by atoms with Crippen molar-refractivity contribution in [2.75, 3.05) is 5.32 Å². The molecule has 104 valence electrons. The van der Waals surface area contributed by atoms with Gasteiger partial charge >= 0.3 is 0 Å². The van der Waals surface area contributed by atoms with Gasteiger partial charge in [-0.15, -0.1) is 0 Å². The van der Waals surface area contributed by atoms with Gasteiger partial charge in [-0.3, -0.25) is 10.1 Å². The zero-order valence-electron chi connectivity index (χ0n) is 11.3. The van der Waals surface area contributed by atoms with Crippen molar-refractivity contribution >= 4 is 11.4 Å². The summed E-state index contributed by atoms with van der Waals surface area (Å²) < 4.78 is 0. The van der Waals surface area contributed by atoms with Crippen molar-refractivity contribution in [2.45, 2.75) is 19.9 Å². The lowest BCUT2D eigenvalue weighted by Gasteiger charge is -2.17. The van der Waals surface area contributed by atoms with Crippen LogP contribution in [0.1, 0.15) is 24.1 Å². The molecule has 5 heteroatoms. The molecule has 1 atom stereocenters. The van der Waals surface area contributed by atoms with E-state index < -0.39 is 4.92 Å². The Morgan fingerprint density at radius 2 is 1.85 bits per heavy atom. The van der Waals surface area contributed by atoms with Crippen LogP contribution < -0.4 is 5.32 Å². The predicted octanol–water partition coefficient (Wildman–Crippen LogP) is 3.78. The SMILES string of the molecule is Cc1cc([N+](=O)[O-])ccc1NC(C)c1ccc(O)cc1. The molecule has 2 rings (SSSR count). The van der Waals surface area contributed by atoms with Gasteiger partial charge < -0.3 is 10.4 Å². The van der Waals surface area contributed by atoms with Crippen molar-refractivity contribution in [3.8, 4) is 5.75 Å². The van der Waals surface area contributed by atoms with Crippen LogP contribution in [0.15, 0.2) is 42.5 Å². The van der Waals surface area contributed by atoms with Crippen LogP contribution in [-0.2, 0) is 0 Å². The van der Waals surface area contributed by atoms with Gasteiger partial charge in [-0.25, -0.2) is 0 Å². The molecular weight excluding hydrogens is 256 g/mol. The summed E-state index contributed by atoms with van der Waals surface area (Å²) in [4.78, 5) is 10.3. The number of rotatable bonds is 4. The summed E-state index contributed by atoms with van der Waals surface area (Å²) in [6, 6.07) is 11.7. The quantitative estimate of drug-likeness (QED) is 0.656. The number of anilines is 1. The van der Waals surface area contributed by atoms with E-state index in [2.05, 4.69) is 5.32 Å². The number of nitrogens with one attached hydrogen (secondary N) is 1. The first-order chi connectivity index (χ1) is 9.47. The topological polar surface area (TPSA) is 75.4 Å². The van der Waals surface area contributed by atoms with Crippen LogP contribution in [0.4, 0.5) is 11.4 Å². The zero-order valence-corrected chi connectivity index (χ0v) is 11.3.